The van der Waals surface area contributed by atoms with Crippen LogP contribution < -0.4 is 19.6 Å². The van der Waals surface area contributed by atoms with Crippen LogP contribution in [0, 0.1) is 0 Å². The van der Waals surface area contributed by atoms with Gasteiger partial charge in [-0.2, -0.15) is 5.10 Å². The van der Waals surface area contributed by atoms with Crippen molar-refractivity contribution < 1.29 is 24.1 Å². The number of hydrazone groups is 1. The summed E-state index contributed by atoms with van der Waals surface area (Å²) in [6, 6.07) is 19.4. The number of carboxylic acid groups (broad SMARTS) is 1. The van der Waals surface area contributed by atoms with E-state index >= 15 is 0 Å². The van der Waals surface area contributed by atoms with Crippen molar-refractivity contribution in [2.45, 2.75) is 6.61 Å². The Morgan fingerprint density at radius 1 is 1.00 bits per heavy atom. The molecule has 3 aromatic rings. The van der Waals surface area contributed by atoms with Crippen LogP contribution in [0.2, 0.25) is 0 Å². The molecule has 3 aromatic carbocycles. The first-order chi connectivity index (χ1) is 14.6. The summed E-state index contributed by atoms with van der Waals surface area (Å²) < 4.78 is 16.5. The quantitative estimate of drug-likeness (QED) is 0.404. The Kier molecular flexibility index (Phi) is 6.89. The second-order valence-corrected chi connectivity index (χ2v) is 6.29. The number of hydrogen-bond acceptors (Lipinski definition) is 6. The average Bonchev–Trinajstić information content (AvgIpc) is 2.78. The maximum absolute atomic E-state index is 10.9. The second-order valence-electron chi connectivity index (χ2n) is 6.29. The maximum atomic E-state index is 10.9. The standard InChI is InChI=1S/C23H22N2O5/c1-28-20-4-3-5-21(13-20)30-15-18-12-16(6-11-22(18)29-2)14-24-25-19-9-7-17(8-10-19)23(26)27/h3-14,25H,15H2,1-2H3,(H,26,27)/b24-14+. The van der Waals surface area contributed by atoms with Crippen LogP contribution in [0.15, 0.2) is 71.8 Å². The zero-order valence-corrected chi connectivity index (χ0v) is 16.7. The summed E-state index contributed by atoms with van der Waals surface area (Å²) in [4.78, 5) is 10.9. The number of ether oxygens (including phenoxy) is 3. The number of rotatable bonds is 9. The summed E-state index contributed by atoms with van der Waals surface area (Å²) in [5, 5.41) is 13.1. The number of nitrogens with one attached hydrogen (secondary N) is 1. The van der Waals surface area contributed by atoms with E-state index in [0.717, 1.165) is 16.9 Å². The molecule has 0 aliphatic rings. The molecule has 0 atom stereocenters. The van der Waals surface area contributed by atoms with E-state index in [0.29, 0.717) is 23.8 Å². The Bertz CT molecular complexity index is 1030. The molecular weight excluding hydrogens is 384 g/mol. The fourth-order valence-corrected chi connectivity index (χ4v) is 2.71. The molecule has 0 saturated carbocycles. The number of methoxy groups -OCH3 is 2. The van der Waals surface area contributed by atoms with E-state index in [1.54, 1.807) is 32.6 Å². The summed E-state index contributed by atoms with van der Waals surface area (Å²) in [5.41, 5.74) is 5.51. The molecule has 0 saturated heterocycles. The molecule has 0 spiro atoms. The van der Waals surface area contributed by atoms with E-state index in [1.165, 1.54) is 12.1 Å². The lowest BCUT2D eigenvalue weighted by Gasteiger charge is -2.12. The Morgan fingerprint density at radius 2 is 1.77 bits per heavy atom. The lowest BCUT2D eigenvalue weighted by Crippen LogP contribution is -2.01. The minimum Gasteiger partial charge on any atom is -0.497 e. The smallest absolute Gasteiger partial charge is 0.335 e. The molecule has 3 rings (SSSR count). The predicted octanol–water partition coefficient (Wildman–Crippen LogP) is 4.43. The van der Waals surface area contributed by atoms with Crippen LogP contribution in [0.4, 0.5) is 5.69 Å². The van der Waals surface area contributed by atoms with Crippen LogP contribution in [0.1, 0.15) is 21.5 Å². The van der Waals surface area contributed by atoms with Crippen LogP contribution in [0.3, 0.4) is 0 Å². The number of nitrogens with zero attached hydrogens (tertiary/aromatic N) is 1. The van der Waals surface area contributed by atoms with Gasteiger partial charge in [-0.05, 0) is 60.2 Å². The molecule has 154 valence electrons. The normalized spacial score (nSPS) is 10.6. The topological polar surface area (TPSA) is 89.4 Å². The van der Waals surface area contributed by atoms with Gasteiger partial charge in [0.15, 0.2) is 0 Å². The highest BCUT2D eigenvalue weighted by atomic mass is 16.5. The highest BCUT2D eigenvalue weighted by Crippen LogP contribution is 2.24. The van der Waals surface area contributed by atoms with Crippen molar-refractivity contribution in [1.82, 2.24) is 0 Å². The first-order valence-electron chi connectivity index (χ1n) is 9.15. The Morgan fingerprint density at radius 3 is 2.47 bits per heavy atom. The molecule has 0 aromatic heterocycles. The van der Waals surface area contributed by atoms with Crippen molar-refractivity contribution in [3.8, 4) is 17.2 Å². The van der Waals surface area contributed by atoms with Crippen molar-refractivity contribution in [3.63, 3.8) is 0 Å². The number of aromatic carboxylic acids is 1. The van der Waals surface area contributed by atoms with Crippen LogP contribution in [-0.4, -0.2) is 31.5 Å². The van der Waals surface area contributed by atoms with Gasteiger partial charge < -0.3 is 19.3 Å². The lowest BCUT2D eigenvalue weighted by molar-refractivity contribution is 0.0697. The molecule has 7 nitrogen and oxygen atoms in total. The maximum Gasteiger partial charge on any atom is 0.335 e. The summed E-state index contributed by atoms with van der Waals surface area (Å²) in [6.07, 6.45) is 1.67. The predicted molar refractivity (Wildman–Crippen MR) is 115 cm³/mol. The van der Waals surface area contributed by atoms with Gasteiger partial charge in [-0.3, -0.25) is 5.43 Å². The summed E-state index contributed by atoms with van der Waals surface area (Å²) in [7, 11) is 3.22. The number of carbonyl (C=O) groups is 1. The van der Waals surface area contributed by atoms with Crippen molar-refractivity contribution >= 4 is 17.9 Å². The number of hydrogen-bond donors (Lipinski definition) is 2. The Labute approximate surface area is 174 Å². The molecule has 0 aliphatic heterocycles. The molecule has 0 fully saturated rings. The number of benzene rings is 3. The van der Waals surface area contributed by atoms with E-state index in [9.17, 15) is 4.79 Å². The van der Waals surface area contributed by atoms with Gasteiger partial charge >= 0.3 is 5.97 Å². The van der Waals surface area contributed by atoms with Gasteiger partial charge in [0.25, 0.3) is 0 Å². The Balaban J connectivity index is 1.67. The van der Waals surface area contributed by atoms with Crippen molar-refractivity contribution in [2.75, 3.05) is 19.6 Å². The molecule has 0 heterocycles. The largest absolute Gasteiger partial charge is 0.497 e. The first kappa shape index (κ1) is 20.7. The summed E-state index contributed by atoms with van der Waals surface area (Å²) in [6.45, 7) is 0.322. The third kappa shape index (κ3) is 5.51. The van der Waals surface area contributed by atoms with E-state index in [4.69, 9.17) is 19.3 Å². The highest BCUT2D eigenvalue weighted by molar-refractivity contribution is 5.88. The fraction of sp³-hybridized carbons (Fsp3) is 0.130. The molecular formula is C23H22N2O5. The molecule has 2 N–H and O–H groups in total. The lowest BCUT2D eigenvalue weighted by atomic mass is 10.1. The van der Waals surface area contributed by atoms with E-state index in [2.05, 4.69) is 10.5 Å². The second kappa shape index (κ2) is 9.97. The summed E-state index contributed by atoms with van der Waals surface area (Å²) >= 11 is 0. The third-order valence-corrected chi connectivity index (χ3v) is 4.28. The average molecular weight is 406 g/mol. The van der Waals surface area contributed by atoms with Gasteiger partial charge in [0.05, 0.1) is 31.7 Å². The molecule has 7 heteroatoms. The molecule has 0 aliphatic carbocycles. The van der Waals surface area contributed by atoms with Crippen molar-refractivity contribution in [2.24, 2.45) is 5.10 Å². The Hall–Kier alpha value is -4.00. The third-order valence-electron chi connectivity index (χ3n) is 4.28. The molecule has 0 radical (unpaired) electrons. The first-order valence-corrected chi connectivity index (χ1v) is 9.15. The van der Waals surface area contributed by atoms with E-state index in [-0.39, 0.29) is 5.56 Å². The van der Waals surface area contributed by atoms with Crippen LogP contribution in [0.5, 0.6) is 17.2 Å². The van der Waals surface area contributed by atoms with Crippen molar-refractivity contribution in [1.29, 1.82) is 0 Å². The van der Waals surface area contributed by atoms with Gasteiger partial charge in [-0.1, -0.05) is 6.07 Å². The minimum atomic E-state index is -0.966. The van der Waals surface area contributed by atoms with Gasteiger partial charge in [-0.25, -0.2) is 4.79 Å². The van der Waals surface area contributed by atoms with Crippen LogP contribution >= 0.6 is 0 Å². The van der Waals surface area contributed by atoms with E-state index in [1.807, 2.05) is 42.5 Å². The number of anilines is 1. The van der Waals surface area contributed by atoms with Gasteiger partial charge in [-0.15, -0.1) is 0 Å². The van der Waals surface area contributed by atoms with Gasteiger partial charge in [0.2, 0.25) is 0 Å². The zero-order chi connectivity index (χ0) is 21.3. The van der Waals surface area contributed by atoms with Crippen molar-refractivity contribution in [3.05, 3.63) is 83.4 Å². The van der Waals surface area contributed by atoms with Crippen LogP contribution in [-0.2, 0) is 6.61 Å². The van der Waals surface area contributed by atoms with Gasteiger partial charge in [0.1, 0.15) is 23.9 Å². The minimum absolute atomic E-state index is 0.223. The molecule has 0 unspecified atom stereocenters. The number of carboxylic acids is 1. The highest BCUT2D eigenvalue weighted by Gasteiger charge is 2.06. The zero-order valence-electron chi connectivity index (χ0n) is 16.7. The molecule has 0 amide bonds. The monoisotopic (exact) mass is 406 g/mol. The van der Waals surface area contributed by atoms with Gasteiger partial charge in [0, 0.05) is 11.6 Å². The summed E-state index contributed by atoms with van der Waals surface area (Å²) in [5.74, 6) is 1.17. The fourth-order valence-electron chi connectivity index (χ4n) is 2.71. The van der Waals surface area contributed by atoms with E-state index < -0.39 is 5.97 Å². The molecule has 30 heavy (non-hydrogen) atoms. The molecule has 0 bridgehead atoms. The van der Waals surface area contributed by atoms with Crippen LogP contribution in [0.25, 0.3) is 0 Å². The SMILES string of the molecule is COc1cccc(OCc2cc(/C=N/Nc3ccc(C(=O)O)cc3)ccc2OC)c1.